The van der Waals surface area contributed by atoms with Crippen molar-refractivity contribution in [2.45, 2.75) is 0 Å². The minimum absolute atomic E-state index is 0.843. The lowest BCUT2D eigenvalue weighted by Crippen LogP contribution is -1.92. The van der Waals surface area contributed by atoms with Crippen LogP contribution in [0, 0.1) is 0 Å². The Morgan fingerprint density at radius 1 is 0.621 bits per heavy atom. The number of nitrogens with zero attached hydrogens (tertiary/aromatic N) is 3. The van der Waals surface area contributed by atoms with E-state index in [1.807, 2.05) is 24.4 Å². The Morgan fingerprint density at radius 3 is 2.48 bits per heavy atom. The average molecular weight is 436 g/mol. The van der Waals surface area contributed by atoms with Crippen molar-refractivity contribution >= 4 is 59.5 Å². The standard InChI is InChI=1S/C25H14BrN3/c26-22-12-9-16-14-17(8-11-20(16)28-22)23-18-5-1-2-6-21(18)29-25-19(23)10-7-15-4-3-13-27-24(15)25/h1-14H. The van der Waals surface area contributed by atoms with Crippen molar-refractivity contribution in [2.75, 3.05) is 0 Å². The first kappa shape index (κ1) is 16.6. The lowest BCUT2D eigenvalue weighted by Gasteiger charge is -2.13. The Balaban J connectivity index is 1.78. The summed E-state index contributed by atoms with van der Waals surface area (Å²) in [4.78, 5) is 14.2. The molecule has 136 valence electrons. The molecule has 0 aliphatic heterocycles. The van der Waals surface area contributed by atoms with Gasteiger partial charge in [0.1, 0.15) is 4.60 Å². The Bertz CT molecular complexity index is 1570. The van der Waals surface area contributed by atoms with Gasteiger partial charge in [0.25, 0.3) is 0 Å². The maximum absolute atomic E-state index is 4.98. The van der Waals surface area contributed by atoms with Crippen LogP contribution in [0.1, 0.15) is 0 Å². The van der Waals surface area contributed by atoms with Gasteiger partial charge in [0, 0.05) is 33.3 Å². The molecule has 0 saturated heterocycles. The second-order valence-electron chi connectivity index (χ2n) is 7.08. The van der Waals surface area contributed by atoms with E-state index in [1.54, 1.807) is 0 Å². The molecule has 0 amide bonds. The molecule has 0 spiro atoms. The third kappa shape index (κ3) is 2.60. The maximum atomic E-state index is 4.98. The molecule has 0 aliphatic rings. The summed E-state index contributed by atoms with van der Waals surface area (Å²) < 4.78 is 0.843. The van der Waals surface area contributed by atoms with Gasteiger partial charge in [-0.3, -0.25) is 4.98 Å². The normalized spacial score (nSPS) is 11.6. The predicted molar refractivity (Wildman–Crippen MR) is 123 cm³/mol. The SMILES string of the molecule is Brc1ccc2cc(-c3c4ccccc4nc4c3ccc3cccnc34)ccc2n1. The average Bonchev–Trinajstić information content (AvgIpc) is 2.77. The summed E-state index contributed by atoms with van der Waals surface area (Å²) in [6.07, 6.45) is 1.83. The molecule has 0 saturated carbocycles. The van der Waals surface area contributed by atoms with E-state index in [2.05, 4.69) is 86.6 Å². The number of hydrogen-bond donors (Lipinski definition) is 0. The van der Waals surface area contributed by atoms with E-state index in [1.165, 1.54) is 5.56 Å². The molecular weight excluding hydrogens is 422 g/mol. The summed E-state index contributed by atoms with van der Waals surface area (Å²) in [5.41, 5.74) is 6.15. The van der Waals surface area contributed by atoms with Crippen LogP contribution in [0.5, 0.6) is 0 Å². The minimum atomic E-state index is 0.843. The number of pyridine rings is 3. The lowest BCUT2D eigenvalue weighted by molar-refractivity contribution is 1.35. The van der Waals surface area contributed by atoms with Gasteiger partial charge in [-0.1, -0.05) is 48.5 Å². The number of aromatic nitrogens is 3. The van der Waals surface area contributed by atoms with E-state index in [0.717, 1.165) is 53.8 Å². The van der Waals surface area contributed by atoms with Crippen LogP contribution in [0.15, 0.2) is 89.7 Å². The van der Waals surface area contributed by atoms with E-state index < -0.39 is 0 Å². The molecule has 6 aromatic rings. The summed E-state index contributed by atoms with van der Waals surface area (Å²) in [5.74, 6) is 0. The number of halogens is 1. The highest BCUT2D eigenvalue weighted by Crippen LogP contribution is 2.37. The highest BCUT2D eigenvalue weighted by atomic mass is 79.9. The van der Waals surface area contributed by atoms with Crippen molar-refractivity contribution in [1.29, 1.82) is 0 Å². The Kier molecular flexibility index (Phi) is 3.61. The monoisotopic (exact) mass is 435 g/mol. The van der Waals surface area contributed by atoms with Crippen LogP contribution < -0.4 is 0 Å². The number of hydrogen-bond acceptors (Lipinski definition) is 3. The quantitative estimate of drug-likeness (QED) is 0.160. The second-order valence-corrected chi connectivity index (χ2v) is 7.89. The predicted octanol–water partition coefficient (Wildman–Crippen LogP) is 6.91. The largest absolute Gasteiger partial charge is 0.254 e. The molecule has 0 radical (unpaired) electrons. The molecular formula is C25H14BrN3. The third-order valence-corrected chi connectivity index (χ3v) is 5.81. The maximum Gasteiger partial charge on any atom is 0.106 e. The van der Waals surface area contributed by atoms with Crippen LogP contribution in [0.2, 0.25) is 0 Å². The van der Waals surface area contributed by atoms with Gasteiger partial charge < -0.3 is 0 Å². The molecule has 6 rings (SSSR count). The van der Waals surface area contributed by atoms with Gasteiger partial charge in [-0.15, -0.1) is 0 Å². The van der Waals surface area contributed by atoms with Crippen LogP contribution in [0.4, 0.5) is 0 Å². The molecule has 0 bridgehead atoms. The second kappa shape index (κ2) is 6.33. The van der Waals surface area contributed by atoms with Crippen molar-refractivity contribution < 1.29 is 0 Å². The van der Waals surface area contributed by atoms with E-state index in [4.69, 9.17) is 4.98 Å². The van der Waals surface area contributed by atoms with Gasteiger partial charge in [-0.25, -0.2) is 9.97 Å². The summed E-state index contributed by atoms with van der Waals surface area (Å²) >= 11 is 3.46. The summed E-state index contributed by atoms with van der Waals surface area (Å²) in [6, 6.07) is 27.2. The minimum Gasteiger partial charge on any atom is -0.254 e. The molecule has 0 fully saturated rings. The van der Waals surface area contributed by atoms with Gasteiger partial charge in [0.15, 0.2) is 0 Å². The van der Waals surface area contributed by atoms with Crippen molar-refractivity contribution in [1.82, 2.24) is 15.0 Å². The van der Waals surface area contributed by atoms with E-state index >= 15 is 0 Å². The molecule has 0 aliphatic carbocycles. The number of benzene rings is 3. The fourth-order valence-corrected chi connectivity index (χ4v) is 4.38. The first-order valence-corrected chi connectivity index (χ1v) is 10.2. The summed E-state index contributed by atoms with van der Waals surface area (Å²) in [6.45, 7) is 0. The highest BCUT2D eigenvalue weighted by Gasteiger charge is 2.14. The fraction of sp³-hybridized carbons (Fsp3) is 0. The Morgan fingerprint density at radius 2 is 1.52 bits per heavy atom. The zero-order chi connectivity index (χ0) is 19.4. The zero-order valence-corrected chi connectivity index (χ0v) is 16.9. The first-order valence-electron chi connectivity index (χ1n) is 9.41. The van der Waals surface area contributed by atoms with Crippen LogP contribution >= 0.6 is 15.9 Å². The molecule has 3 nitrogen and oxygen atoms in total. The van der Waals surface area contributed by atoms with Crippen LogP contribution in [0.25, 0.3) is 54.7 Å². The van der Waals surface area contributed by atoms with Crippen molar-refractivity contribution in [2.24, 2.45) is 0 Å². The molecule has 3 aromatic heterocycles. The highest BCUT2D eigenvalue weighted by molar-refractivity contribution is 9.10. The van der Waals surface area contributed by atoms with E-state index in [-0.39, 0.29) is 0 Å². The van der Waals surface area contributed by atoms with Gasteiger partial charge in [-0.2, -0.15) is 0 Å². The van der Waals surface area contributed by atoms with Crippen LogP contribution in [-0.2, 0) is 0 Å². The van der Waals surface area contributed by atoms with E-state index in [0.29, 0.717) is 0 Å². The molecule has 0 N–H and O–H groups in total. The Hall–Kier alpha value is -3.37. The number of para-hydroxylation sites is 1. The smallest absolute Gasteiger partial charge is 0.106 e. The summed E-state index contributed by atoms with van der Waals surface area (Å²) in [7, 11) is 0. The lowest BCUT2D eigenvalue weighted by atomic mass is 9.94. The van der Waals surface area contributed by atoms with Gasteiger partial charge in [0.05, 0.1) is 22.1 Å². The Labute approximate surface area is 175 Å². The van der Waals surface area contributed by atoms with Gasteiger partial charge >= 0.3 is 0 Å². The van der Waals surface area contributed by atoms with E-state index in [9.17, 15) is 0 Å². The molecule has 29 heavy (non-hydrogen) atoms. The number of rotatable bonds is 1. The van der Waals surface area contributed by atoms with Gasteiger partial charge in [0.2, 0.25) is 0 Å². The number of fused-ring (bicyclic) bond motifs is 5. The van der Waals surface area contributed by atoms with Crippen molar-refractivity contribution in [3.05, 3.63) is 89.7 Å². The molecule has 3 aromatic carbocycles. The van der Waals surface area contributed by atoms with Crippen LogP contribution in [-0.4, -0.2) is 15.0 Å². The van der Waals surface area contributed by atoms with Gasteiger partial charge in [-0.05, 0) is 51.8 Å². The summed E-state index contributed by atoms with van der Waals surface area (Å²) in [5, 5.41) is 4.46. The fourth-order valence-electron chi connectivity index (χ4n) is 4.06. The van der Waals surface area contributed by atoms with Crippen LogP contribution in [0.3, 0.4) is 0 Å². The van der Waals surface area contributed by atoms with Crippen molar-refractivity contribution in [3.8, 4) is 11.1 Å². The molecule has 3 heterocycles. The first-order chi connectivity index (χ1) is 14.3. The zero-order valence-electron chi connectivity index (χ0n) is 15.3. The molecule has 0 unspecified atom stereocenters. The third-order valence-electron chi connectivity index (χ3n) is 5.37. The molecule has 4 heteroatoms. The molecule has 0 atom stereocenters. The van der Waals surface area contributed by atoms with Crippen molar-refractivity contribution in [3.63, 3.8) is 0 Å². The topological polar surface area (TPSA) is 38.7 Å².